The zero-order chi connectivity index (χ0) is 19.7. The standard InChI is InChI=1S/C24H23F3O/c1-2-16-6-3-4-7-17(12-16)18-8-5-9-19(13-18)23-15-20-14-21(24(25,26)27)10-11-22(20)28-23/h4-5,7-14,16,23H,2-3,6,15H2,1H3. The van der Waals surface area contributed by atoms with Crippen molar-refractivity contribution < 1.29 is 17.9 Å². The Balaban J connectivity index is 1.59. The summed E-state index contributed by atoms with van der Waals surface area (Å²) in [6, 6.07) is 11.9. The van der Waals surface area contributed by atoms with Crippen LogP contribution in [0.1, 0.15) is 54.5 Å². The number of hydrogen-bond donors (Lipinski definition) is 0. The molecule has 4 heteroatoms. The summed E-state index contributed by atoms with van der Waals surface area (Å²) >= 11 is 0. The lowest BCUT2D eigenvalue weighted by molar-refractivity contribution is -0.137. The second kappa shape index (κ2) is 7.50. The molecular weight excluding hydrogens is 361 g/mol. The smallest absolute Gasteiger partial charge is 0.416 e. The fourth-order valence-electron chi connectivity index (χ4n) is 3.96. The molecule has 146 valence electrons. The summed E-state index contributed by atoms with van der Waals surface area (Å²) in [5, 5.41) is 0. The van der Waals surface area contributed by atoms with Gasteiger partial charge in [-0.3, -0.25) is 0 Å². The van der Waals surface area contributed by atoms with E-state index in [0.29, 0.717) is 23.7 Å². The van der Waals surface area contributed by atoms with Gasteiger partial charge in [-0.05, 0) is 71.7 Å². The van der Waals surface area contributed by atoms with E-state index in [0.717, 1.165) is 30.0 Å². The van der Waals surface area contributed by atoms with Crippen molar-refractivity contribution in [3.8, 4) is 5.75 Å². The topological polar surface area (TPSA) is 9.23 Å². The third-order valence-corrected chi connectivity index (χ3v) is 5.60. The third kappa shape index (κ3) is 3.87. The van der Waals surface area contributed by atoms with Gasteiger partial charge in [-0.2, -0.15) is 13.2 Å². The van der Waals surface area contributed by atoms with Crippen LogP contribution in [0.4, 0.5) is 13.2 Å². The number of fused-ring (bicyclic) bond motifs is 1. The Bertz CT molecular complexity index is 924. The molecule has 2 unspecified atom stereocenters. The maximum absolute atomic E-state index is 13.0. The molecule has 0 amide bonds. The zero-order valence-electron chi connectivity index (χ0n) is 15.8. The van der Waals surface area contributed by atoms with E-state index in [1.54, 1.807) is 0 Å². The molecule has 2 aromatic carbocycles. The molecule has 1 nitrogen and oxygen atoms in total. The minimum Gasteiger partial charge on any atom is -0.485 e. The lowest BCUT2D eigenvalue weighted by atomic mass is 9.95. The van der Waals surface area contributed by atoms with Gasteiger partial charge in [0.25, 0.3) is 0 Å². The van der Waals surface area contributed by atoms with Crippen molar-refractivity contribution in [2.75, 3.05) is 0 Å². The highest BCUT2D eigenvalue weighted by molar-refractivity contribution is 5.75. The first-order valence-corrected chi connectivity index (χ1v) is 9.79. The first-order valence-electron chi connectivity index (χ1n) is 9.79. The average Bonchev–Trinajstić information content (AvgIpc) is 2.96. The summed E-state index contributed by atoms with van der Waals surface area (Å²) in [7, 11) is 0. The minimum absolute atomic E-state index is 0.254. The van der Waals surface area contributed by atoms with E-state index in [9.17, 15) is 13.2 Å². The van der Waals surface area contributed by atoms with E-state index < -0.39 is 11.7 Å². The van der Waals surface area contributed by atoms with Gasteiger partial charge in [-0.25, -0.2) is 0 Å². The number of halogens is 3. The SMILES string of the molecule is CCC1C=C(c2cccc(C3Cc4cc(C(F)(F)F)ccc4O3)c2)C=CCC1. The fourth-order valence-corrected chi connectivity index (χ4v) is 3.96. The van der Waals surface area contributed by atoms with Crippen LogP contribution >= 0.6 is 0 Å². The van der Waals surface area contributed by atoms with Gasteiger partial charge in [0, 0.05) is 6.42 Å². The molecule has 28 heavy (non-hydrogen) atoms. The zero-order valence-corrected chi connectivity index (χ0v) is 15.8. The largest absolute Gasteiger partial charge is 0.485 e. The van der Waals surface area contributed by atoms with E-state index in [1.165, 1.54) is 24.1 Å². The van der Waals surface area contributed by atoms with Crippen molar-refractivity contribution in [3.05, 3.63) is 82.9 Å². The van der Waals surface area contributed by atoms with Crippen molar-refractivity contribution in [2.24, 2.45) is 5.92 Å². The summed E-state index contributed by atoms with van der Waals surface area (Å²) in [6.07, 6.45) is 5.96. The van der Waals surface area contributed by atoms with E-state index >= 15 is 0 Å². The van der Waals surface area contributed by atoms with Gasteiger partial charge in [-0.15, -0.1) is 0 Å². The van der Waals surface area contributed by atoms with Crippen LogP contribution in [0.5, 0.6) is 5.75 Å². The van der Waals surface area contributed by atoms with E-state index in [1.807, 2.05) is 12.1 Å². The van der Waals surface area contributed by atoms with Gasteiger partial charge < -0.3 is 4.74 Å². The van der Waals surface area contributed by atoms with Gasteiger partial charge >= 0.3 is 6.18 Å². The Kier molecular flexibility index (Phi) is 5.05. The molecule has 0 saturated carbocycles. The van der Waals surface area contributed by atoms with Crippen LogP contribution in [0.3, 0.4) is 0 Å². The van der Waals surface area contributed by atoms with Crippen LogP contribution in [0.15, 0.2) is 60.7 Å². The van der Waals surface area contributed by atoms with Crippen molar-refractivity contribution in [1.29, 1.82) is 0 Å². The average molecular weight is 384 g/mol. The summed E-state index contributed by atoms with van der Waals surface area (Å²) in [5.41, 5.74) is 3.33. The fraction of sp³-hybridized carbons (Fsp3) is 0.333. The van der Waals surface area contributed by atoms with Crippen LogP contribution in [0.2, 0.25) is 0 Å². The maximum Gasteiger partial charge on any atom is 0.416 e. The van der Waals surface area contributed by atoms with Crippen LogP contribution < -0.4 is 4.74 Å². The Morgan fingerprint density at radius 2 is 1.96 bits per heavy atom. The van der Waals surface area contributed by atoms with Crippen molar-refractivity contribution in [2.45, 2.75) is 44.9 Å². The molecule has 1 aliphatic carbocycles. The van der Waals surface area contributed by atoms with E-state index in [-0.39, 0.29) is 6.10 Å². The molecule has 0 spiro atoms. The molecular formula is C24H23F3O. The quantitative estimate of drug-likeness (QED) is 0.546. The van der Waals surface area contributed by atoms with Crippen LogP contribution in [0.25, 0.3) is 5.57 Å². The van der Waals surface area contributed by atoms with Crippen molar-refractivity contribution >= 4 is 5.57 Å². The number of allylic oxidation sites excluding steroid dienone is 4. The van der Waals surface area contributed by atoms with Gasteiger partial charge in [0.2, 0.25) is 0 Å². The summed E-state index contributed by atoms with van der Waals surface area (Å²) < 4.78 is 44.9. The van der Waals surface area contributed by atoms with Crippen LogP contribution in [0, 0.1) is 5.92 Å². The first kappa shape index (κ1) is 18.9. The Labute approximate surface area is 163 Å². The summed E-state index contributed by atoms with van der Waals surface area (Å²) in [4.78, 5) is 0. The molecule has 2 aliphatic rings. The Morgan fingerprint density at radius 3 is 2.75 bits per heavy atom. The highest BCUT2D eigenvalue weighted by Gasteiger charge is 2.33. The van der Waals surface area contributed by atoms with Gasteiger partial charge in [0.15, 0.2) is 0 Å². The van der Waals surface area contributed by atoms with Crippen molar-refractivity contribution in [3.63, 3.8) is 0 Å². The predicted molar refractivity (Wildman–Crippen MR) is 105 cm³/mol. The van der Waals surface area contributed by atoms with Crippen molar-refractivity contribution in [1.82, 2.24) is 0 Å². The Morgan fingerprint density at radius 1 is 1.11 bits per heavy atom. The molecule has 2 atom stereocenters. The predicted octanol–water partition coefficient (Wildman–Crippen LogP) is 7.14. The molecule has 0 aromatic heterocycles. The summed E-state index contributed by atoms with van der Waals surface area (Å²) in [5.74, 6) is 1.12. The van der Waals surface area contributed by atoms with Gasteiger partial charge in [-0.1, -0.05) is 43.4 Å². The minimum atomic E-state index is -4.33. The van der Waals surface area contributed by atoms with Crippen LogP contribution in [-0.4, -0.2) is 0 Å². The highest BCUT2D eigenvalue weighted by Crippen LogP contribution is 2.40. The number of ether oxygens (including phenoxy) is 1. The summed E-state index contributed by atoms with van der Waals surface area (Å²) in [6.45, 7) is 2.21. The third-order valence-electron chi connectivity index (χ3n) is 5.60. The number of benzene rings is 2. The van der Waals surface area contributed by atoms with E-state index in [4.69, 9.17) is 4.74 Å². The molecule has 0 radical (unpaired) electrons. The van der Waals surface area contributed by atoms with Gasteiger partial charge in [0.1, 0.15) is 11.9 Å². The lowest BCUT2D eigenvalue weighted by Gasteiger charge is -2.14. The second-order valence-electron chi connectivity index (χ2n) is 7.53. The molecule has 0 bridgehead atoms. The molecule has 2 aromatic rings. The molecule has 1 heterocycles. The molecule has 0 fully saturated rings. The van der Waals surface area contributed by atoms with Crippen LogP contribution in [-0.2, 0) is 12.6 Å². The number of alkyl halides is 3. The lowest BCUT2D eigenvalue weighted by Crippen LogP contribution is -2.04. The molecule has 4 rings (SSSR count). The normalized spacial score (nSPS) is 21.6. The Hall–Kier alpha value is -2.49. The molecule has 0 N–H and O–H groups in total. The number of rotatable bonds is 3. The van der Waals surface area contributed by atoms with Gasteiger partial charge in [0.05, 0.1) is 5.56 Å². The number of hydrogen-bond acceptors (Lipinski definition) is 1. The second-order valence-corrected chi connectivity index (χ2v) is 7.53. The monoisotopic (exact) mass is 384 g/mol. The molecule has 0 saturated heterocycles. The maximum atomic E-state index is 13.0. The molecule has 1 aliphatic heterocycles. The highest BCUT2D eigenvalue weighted by atomic mass is 19.4. The van der Waals surface area contributed by atoms with E-state index in [2.05, 4.69) is 37.3 Å². The first-order chi connectivity index (χ1) is 13.4.